The summed E-state index contributed by atoms with van der Waals surface area (Å²) in [6.45, 7) is 3.63. The molecule has 6 nitrogen and oxygen atoms in total. The van der Waals surface area contributed by atoms with Gasteiger partial charge in [0.15, 0.2) is 0 Å². The van der Waals surface area contributed by atoms with Crippen LogP contribution in [0.1, 0.15) is 96.8 Å². The third kappa shape index (κ3) is 51.7. The molecule has 7 N–H and O–H groups in total. The first-order valence-corrected chi connectivity index (χ1v) is 10.00. The molecule has 7 heteroatoms. The van der Waals surface area contributed by atoms with E-state index < -0.39 is 6.16 Å². The summed E-state index contributed by atoms with van der Waals surface area (Å²) in [5, 5.41) is 15.3. The highest BCUT2D eigenvalue weighted by Gasteiger charge is 2.04. The Morgan fingerprint density at radius 3 is 1.15 bits per heavy atom. The number of hydrogen-bond donors (Lipinski definition) is 3. The zero-order chi connectivity index (χ0) is 18.7. The van der Waals surface area contributed by atoms with Gasteiger partial charge in [-0.15, -0.1) is 12.4 Å². The van der Waals surface area contributed by atoms with Crippen molar-refractivity contribution in [2.45, 2.75) is 96.8 Å². The molecule has 170 valence electrons. The minimum Gasteiger partial charge on any atom is -0.565 e. The molecular weight excluding hydrogens is 366 g/mol. The van der Waals surface area contributed by atoms with Gasteiger partial charge >= 0.3 is 0 Å². The Bertz CT molecular complexity index is 272. The van der Waals surface area contributed by atoms with E-state index in [4.69, 9.17) is 15.0 Å². The summed E-state index contributed by atoms with van der Waals surface area (Å²) >= 11 is 0. The van der Waals surface area contributed by atoms with E-state index in [1.165, 1.54) is 96.4 Å². The second-order valence-electron chi connectivity index (χ2n) is 7.88. The number of unbranched alkanes of at least 4 members (excludes halogenated alkanes) is 13. The van der Waals surface area contributed by atoms with Crippen molar-refractivity contribution in [3.8, 4) is 0 Å². The normalized spacial score (nSPS) is 9.78. The van der Waals surface area contributed by atoms with Gasteiger partial charge in [0.05, 0.1) is 27.7 Å². The molecule has 0 unspecified atom stereocenters. The lowest BCUT2D eigenvalue weighted by molar-refractivity contribution is -0.870. The van der Waals surface area contributed by atoms with Crippen LogP contribution in [-0.4, -0.2) is 43.4 Å². The van der Waals surface area contributed by atoms with E-state index in [0.717, 1.165) is 4.48 Å². The van der Waals surface area contributed by atoms with Gasteiger partial charge in [-0.3, -0.25) is 0 Å². The molecule has 0 aliphatic heterocycles. The maximum Gasteiger partial charge on any atom is 0.249 e. The summed E-state index contributed by atoms with van der Waals surface area (Å²) in [5.74, 6) is 0. The van der Waals surface area contributed by atoms with E-state index in [1.54, 1.807) is 0 Å². The van der Waals surface area contributed by atoms with Crippen molar-refractivity contribution in [3.63, 3.8) is 0 Å². The first-order valence-electron chi connectivity index (χ1n) is 10.00. The summed E-state index contributed by atoms with van der Waals surface area (Å²) < 4.78 is 1.12. The quantitative estimate of drug-likeness (QED) is 0.229. The molecule has 0 radical (unpaired) electrons. The molecule has 0 heterocycles. The number of halogens is 1. The molecular formula is C20H50ClN3O3. The van der Waals surface area contributed by atoms with Crippen LogP contribution >= 0.6 is 12.4 Å². The molecule has 0 aliphatic rings. The lowest BCUT2D eigenvalue weighted by Crippen LogP contribution is -2.35. The van der Waals surface area contributed by atoms with E-state index in [2.05, 4.69) is 28.1 Å². The largest absolute Gasteiger partial charge is 0.565 e. The number of quaternary nitrogens is 1. The zero-order valence-corrected chi connectivity index (χ0v) is 19.5. The second kappa shape index (κ2) is 27.7. The molecule has 0 aromatic carbocycles. The van der Waals surface area contributed by atoms with Gasteiger partial charge in [0.2, 0.25) is 6.16 Å². The number of carboxylic acid groups (broad SMARTS) is 2. The van der Waals surface area contributed by atoms with Gasteiger partial charge in [0, 0.05) is 0 Å². The van der Waals surface area contributed by atoms with Crippen LogP contribution in [0.25, 0.3) is 0 Å². The Labute approximate surface area is 175 Å². The van der Waals surface area contributed by atoms with E-state index in [-0.39, 0.29) is 24.7 Å². The Morgan fingerprint density at radius 2 is 0.926 bits per heavy atom. The van der Waals surface area contributed by atoms with Crippen molar-refractivity contribution in [1.29, 1.82) is 0 Å². The van der Waals surface area contributed by atoms with Crippen molar-refractivity contribution in [2.24, 2.45) is 0 Å². The Kier molecular flexibility index (Phi) is 38.1. The minimum absolute atomic E-state index is 0. The zero-order valence-electron chi connectivity index (χ0n) is 18.6. The Hall–Kier alpha value is -0.560. The van der Waals surface area contributed by atoms with E-state index in [1.807, 2.05) is 0 Å². The SMILES string of the molecule is CCCCCCCCCCCCCCCC[N+](C)(C)C.Cl.N.N.O=C([O-])O. The van der Waals surface area contributed by atoms with Gasteiger partial charge in [-0.1, -0.05) is 84.0 Å². The van der Waals surface area contributed by atoms with Crippen molar-refractivity contribution in [1.82, 2.24) is 12.3 Å². The molecule has 27 heavy (non-hydrogen) atoms. The van der Waals surface area contributed by atoms with Gasteiger partial charge in [-0.2, -0.15) is 0 Å². The molecule has 0 aromatic rings. The van der Waals surface area contributed by atoms with Crippen LogP contribution in [0.5, 0.6) is 0 Å². The lowest BCUT2D eigenvalue weighted by atomic mass is 10.0. The monoisotopic (exact) mass is 415 g/mol. The minimum atomic E-state index is -2.08. The van der Waals surface area contributed by atoms with Gasteiger partial charge in [-0.25, -0.2) is 0 Å². The third-order valence-corrected chi connectivity index (χ3v) is 4.18. The predicted molar refractivity (Wildman–Crippen MR) is 119 cm³/mol. The maximum absolute atomic E-state index is 8.44. The summed E-state index contributed by atoms with van der Waals surface area (Å²) in [4.78, 5) is 8.44. The van der Waals surface area contributed by atoms with Gasteiger partial charge in [0.25, 0.3) is 0 Å². The number of rotatable bonds is 15. The van der Waals surface area contributed by atoms with Crippen LogP contribution < -0.4 is 17.4 Å². The van der Waals surface area contributed by atoms with E-state index in [0.29, 0.717) is 0 Å². The fourth-order valence-electron chi connectivity index (χ4n) is 2.78. The third-order valence-electron chi connectivity index (χ3n) is 4.18. The standard InChI is InChI=1S/C19H42N.CH2O3.ClH.2H3N/c1-5-6-7-8-9-10-11-12-13-14-15-16-17-18-19-20(2,3)4;2-1(3)4;;;/h5-19H2,1-4H3;(H2,2,3,4);1H;2*1H3/q+1;;;;/p-1. The highest BCUT2D eigenvalue weighted by atomic mass is 35.5. The predicted octanol–water partition coefficient (Wildman–Crippen LogP) is 5.81. The average Bonchev–Trinajstić information content (AvgIpc) is 2.46. The number of hydrogen-bond acceptors (Lipinski definition) is 4. The molecule has 0 aromatic heterocycles. The first-order chi connectivity index (χ1) is 11.3. The van der Waals surface area contributed by atoms with Crippen LogP contribution in [0.2, 0.25) is 0 Å². The van der Waals surface area contributed by atoms with Gasteiger partial charge < -0.3 is 31.8 Å². The van der Waals surface area contributed by atoms with Crippen molar-refractivity contribution in [3.05, 3.63) is 0 Å². The highest BCUT2D eigenvalue weighted by molar-refractivity contribution is 5.85. The van der Waals surface area contributed by atoms with Crippen LogP contribution in [0.4, 0.5) is 4.79 Å². The summed E-state index contributed by atoms with van der Waals surface area (Å²) in [6.07, 6.45) is 18.3. The van der Waals surface area contributed by atoms with E-state index >= 15 is 0 Å². The molecule has 0 saturated heterocycles. The molecule has 0 amide bonds. The number of carbonyl (C=O) groups is 1. The molecule has 0 atom stereocenters. The molecule has 0 aliphatic carbocycles. The maximum atomic E-state index is 8.44. The smallest absolute Gasteiger partial charge is 0.249 e. The summed E-state index contributed by atoms with van der Waals surface area (Å²) in [7, 11) is 6.88. The second-order valence-corrected chi connectivity index (χ2v) is 7.88. The van der Waals surface area contributed by atoms with Crippen LogP contribution in [0, 0.1) is 0 Å². The Balaban J connectivity index is -0.000000209. The molecule has 0 bridgehead atoms. The van der Waals surface area contributed by atoms with Gasteiger partial charge in [0.1, 0.15) is 0 Å². The van der Waals surface area contributed by atoms with Crippen molar-refractivity contribution < 1.29 is 19.5 Å². The Morgan fingerprint density at radius 1 is 0.704 bits per heavy atom. The highest BCUT2D eigenvalue weighted by Crippen LogP contribution is 2.13. The summed E-state index contributed by atoms with van der Waals surface area (Å²) in [6, 6.07) is 0. The average molecular weight is 416 g/mol. The topological polar surface area (TPSA) is 130 Å². The van der Waals surface area contributed by atoms with Crippen LogP contribution in [0.3, 0.4) is 0 Å². The molecule has 0 rings (SSSR count). The van der Waals surface area contributed by atoms with Crippen molar-refractivity contribution in [2.75, 3.05) is 27.7 Å². The van der Waals surface area contributed by atoms with Crippen molar-refractivity contribution >= 4 is 18.6 Å². The molecule has 0 spiro atoms. The van der Waals surface area contributed by atoms with Gasteiger partial charge in [-0.05, 0) is 12.8 Å². The van der Waals surface area contributed by atoms with E-state index in [9.17, 15) is 0 Å². The fourth-order valence-corrected chi connectivity index (χ4v) is 2.78. The number of nitrogens with zero attached hydrogens (tertiary/aromatic N) is 1. The molecule has 0 fully saturated rings. The summed E-state index contributed by atoms with van der Waals surface area (Å²) in [5.41, 5.74) is 0. The van der Waals surface area contributed by atoms with Crippen LogP contribution in [-0.2, 0) is 0 Å². The lowest BCUT2D eigenvalue weighted by Gasteiger charge is -2.23. The first kappa shape index (κ1) is 37.2. The fraction of sp³-hybridized carbons (Fsp3) is 0.950. The van der Waals surface area contributed by atoms with Crippen LogP contribution in [0.15, 0.2) is 0 Å². The molecule has 0 saturated carbocycles.